The minimum Gasteiger partial charge on any atom is -0.310 e. The maximum absolute atomic E-state index is 11.1. The summed E-state index contributed by atoms with van der Waals surface area (Å²) in [4.78, 5) is 0. The maximum Gasteiger partial charge on any atom is 0.148 e. The number of hydrogen-bond acceptors (Lipinski definition) is 3. The first-order valence-electron chi connectivity index (χ1n) is 5.32. The van der Waals surface area contributed by atoms with Gasteiger partial charge >= 0.3 is 0 Å². The van der Waals surface area contributed by atoms with Crippen molar-refractivity contribution in [3.05, 3.63) is 0 Å². The van der Waals surface area contributed by atoms with Gasteiger partial charge in [0.05, 0.1) is 5.75 Å². The molecular weight excluding hydrogens is 198 g/mol. The van der Waals surface area contributed by atoms with E-state index in [2.05, 4.69) is 12.2 Å². The van der Waals surface area contributed by atoms with E-state index >= 15 is 0 Å². The number of rotatable bonds is 4. The Morgan fingerprint density at radius 1 is 1.43 bits per heavy atom. The second-order valence-electron chi connectivity index (χ2n) is 4.67. The predicted octanol–water partition coefficient (Wildman–Crippen LogP) is 1.20. The number of sulfone groups is 1. The SMILES string of the molecule is CC(CS(C)(=O)=O)NC1CCCC1C. The van der Waals surface area contributed by atoms with Crippen LogP contribution in [0.1, 0.15) is 33.1 Å². The summed E-state index contributed by atoms with van der Waals surface area (Å²) >= 11 is 0. The zero-order valence-electron chi connectivity index (χ0n) is 9.29. The monoisotopic (exact) mass is 219 g/mol. The summed E-state index contributed by atoms with van der Waals surface area (Å²) < 4.78 is 22.1. The fourth-order valence-corrected chi connectivity index (χ4v) is 3.27. The molecule has 1 aliphatic rings. The molecule has 0 aromatic carbocycles. The molecule has 14 heavy (non-hydrogen) atoms. The summed E-state index contributed by atoms with van der Waals surface area (Å²) in [5, 5.41) is 3.41. The van der Waals surface area contributed by atoms with Gasteiger partial charge in [-0.25, -0.2) is 8.42 Å². The van der Waals surface area contributed by atoms with Crippen molar-refractivity contribution in [3.8, 4) is 0 Å². The van der Waals surface area contributed by atoms with Crippen molar-refractivity contribution < 1.29 is 8.42 Å². The molecule has 3 unspecified atom stereocenters. The van der Waals surface area contributed by atoms with Gasteiger partial charge in [0.15, 0.2) is 0 Å². The summed E-state index contributed by atoms with van der Waals surface area (Å²) in [6, 6.07) is 0.599. The molecule has 1 N–H and O–H groups in total. The van der Waals surface area contributed by atoms with E-state index in [1.807, 2.05) is 6.92 Å². The van der Waals surface area contributed by atoms with Crippen LogP contribution in [0, 0.1) is 5.92 Å². The Bertz CT molecular complexity index is 274. The first-order valence-corrected chi connectivity index (χ1v) is 7.38. The van der Waals surface area contributed by atoms with Crippen LogP contribution in [0.2, 0.25) is 0 Å². The highest BCUT2D eigenvalue weighted by molar-refractivity contribution is 7.90. The van der Waals surface area contributed by atoms with Crippen molar-refractivity contribution >= 4 is 9.84 Å². The lowest BCUT2D eigenvalue weighted by molar-refractivity contribution is 0.395. The molecule has 1 aliphatic carbocycles. The first kappa shape index (κ1) is 12.0. The molecule has 0 spiro atoms. The van der Waals surface area contributed by atoms with E-state index in [1.54, 1.807) is 0 Å². The Morgan fingerprint density at radius 3 is 2.50 bits per heavy atom. The molecule has 84 valence electrons. The second-order valence-corrected chi connectivity index (χ2v) is 6.86. The molecular formula is C10H21NO2S. The van der Waals surface area contributed by atoms with Crippen LogP contribution in [0.25, 0.3) is 0 Å². The van der Waals surface area contributed by atoms with Gasteiger partial charge in [0.25, 0.3) is 0 Å². The molecule has 0 heterocycles. The Morgan fingerprint density at radius 2 is 2.07 bits per heavy atom. The Hall–Kier alpha value is -0.0900. The van der Waals surface area contributed by atoms with Crippen molar-refractivity contribution in [2.24, 2.45) is 5.92 Å². The Kier molecular flexibility index (Phi) is 3.95. The van der Waals surface area contributed by atoms with Crippen molar-refractivity contribution in [2.45, 2.75) is 45.2 Å². The number of hydrogen-bond donors (Lipinski definition) is 1. The van der Waals surface area contributed by atoms with Crippen LogP contribution < -0.4 is 5.32 Å². The van der Waals surface area contributed by atoms with Crippen molar-refractivity contribution in [3.63, 3.8) is 0 Å². The summed E-state index contributed by atoms with van der Waals surface area (Å²) in [6.45, 7) is 4.18. The van der Waals surface area contributed by atoms with Gasteiger partial charge in [0.2, 0.25) is 0 Å². The lowest BCUT2D eigenvalue weighted by Gasteiger charge is -2.22. The second kappa shape index (κ2) is 4.62. The summed E-state index contributed by atoms with van der Waals surface area (Å²) in [6.07, 6.45) is 5.02. The van der Waals surface area contributed by atoms with Gasteiger partial charge in [-0.3, -0.25) is 0 Å². The molecule has 0 aliphatic heterocycles. The minimum atomic E-state index is -2.84. The molecule has 0 saturated heterocycles. The Balaban J connectivity index is 2.37. The summed E-state index contributed by atoms with van der Waals surface area (Å²) in [5.41, 5.74) is 0. The van der Waals surface area contributed by atoms with E-state index in [0.717, 1.165) is 0 Å². The molecule has 0 aromatic heterocycles. The van der Waals surface area contributed by atoms with Gasteiger partial charge in [-0.05, 0) is 25.7 Å². The third-order valence-electron chi connectivity index (χ3n) is 2.91. The average Bonchev–Trinajstić information content (AvgIpc) is 2.32. The van der Waals surface area contributed by atoms with E-state index in [4.69, 9.17) is 0 Å². The highest BCUT2D eigenvalue weighted by Crippen LogP contribution is 2.25. The highest BCUT2D eigenvalue weighted by Gasteiger charge is 2.25. The standard InChI is InChI=1S/C10H21NO2S/c1-8-5-4-6-10(8)11-9(2)7-14(3,12)13/h8-11H,4-7H2,1-3H3. The average molecular weight is 219 g/mol. The lowest BCUT2D eigenvalue weighted by atomic mass is 10.1. The van der Waals surface area contributed by atoms with E-state index in [-0.39, 0.29) is 11.8 Å². The largest absolute Gasteiger partial charge is 0.310 e. The third-order valence-corrected chi connectivity index (χ3v) is 4.02. The topological polar surface area (TPSA) is 46.2 Å². The van der Waals surface area contributed by atoms with Crippen molar-refractivity contribution in [2.75, 3.05) is 12.0 Å². The van der Waals surface area contributed by atoms with Crippen LogP contribution >= 0.6 is 0 Å². The van der Waals surface area contributed by atoms with Crippen LogP contribution in [0.5, 0.6) is 0 Å². The van der Waals surface area contributed by atoms with E-state index in [0.29, 0.717) is 12.0 Å². The molecule has 1 fully saturated rings. The quantitative estimate of drug-likeness (QED) is 0.773. The molecule has 1 saturated carbocycles. The zero-order valence-corrected chi connectivity index (χ0v) is 10.1. The fourth-order valence-electron chi connectivity index (χ4n) is 2.26. The fraction of sp³-hybridized carbons (Fsp3) is 1.00. The lowest BCUT2D eigenvalue weighted by Crippen LogP contribution is -2.41. The summed E-state index contributed by atoms with van der Waals surface area (Å²) in [5.74, 6) is 0.938. The van der Waals surface area contributed by atoms with E-state index in [1.165, 1.54) is 25.5 Å². The molecule has 0 bridgehead atoms. The molecule has 3 nitrogen and oxygen atoms in total. The van der Waals surface area contributed by atoms with Gasteiger partial charge < -0.3 is 5.32 Å². The summed E-state index contributed by atoms with van der Waals surface area (Å²) in [7, 11) is -2.84. The van der Waals surface area contributed by atoms with Gasteiger partial charge in [-0.2, -0.15) is 0 Å². The number of nitrogens with one attached hydrogen (secondary N) is 1. The molecule has 0 aromatic rings. The minimum absolute atomic E-state index is 0.0792. The first-order chi connectivity index (χ1) is 6.38. The van der Waals surface area contributed by atoms with Gasteiger partial charge in [-0.15, -0.1) is 0 Å². The van der Waals surface area contributed by atoms with Crippen LogP contribution in [0.3, 0.4) is 0 Å². The van der Waals surface area contributed by atoms with Gasteiger partial charge in [0.1, 0.15) is 9.84 Å². The molecule has 0 amide bonds. The van der Waals surface area contributed by atoms with Crippen LogP contribution in [-0.4, -0.2) is 32.5 Å². The van der Waals surface area contributed by atoms with Crippen LogP contribution in [0.4, 0.5) is 0 Å². The van der Waals surface area contributed by atoms with Crippen LogP contribution in [-0.2, 0) is 9.84 Å². The normalized spacial score (nSPS) is 30.5. The van der Waals surface area contributed by atoms with E-state index in [9.17, 15) is 8.42 Å². The van der Waals surface area contributed by atoms with Crippen LogP contribution in [0.15, 0.2) is 0 Å². The van der Waals surface area contributed by atoms with Gasteiger partial charge in [-0.1, -0.05) is 13.3 Å². The smallest absolute Gasteiger partial charge is 0.148 e. The molecule has 4 heteroatoms. The van der Waals surface area contributed by atoms with Gasteiger partial charge in [0, 0.05) is 18.3 Å². The Labute approximate surface area is 87.2 Å². The van der Waals surface area contributed by atoms with Crippen molar-refractivity contribution in [1.82, 2.24) is 5.32 Å². The molecule has 1 rings (SSSR count). The molecule has 3 atom stereocenters. The zero-order chi connectivity index (χ0) is 10.8. The highest BCUT2D eigenvalue weighted by atomic mass is 32.2. The maximum atomic E-state index is 11.1. The predicted molar refractivity (Wildman–Crippen MR) is 59.1 cm³/mol. The third kappa shape index (κ3) is 3.96. The van der Waals surface area contributed by atoms with E-state index < -0.39 is 9.84 Å². The van der Waals surface area contributed by atoms with Crippen molar-refractivity contribution in [1.29, 1.82) is 0 Å². The molecule has 0 radical (unpaired) electrons.